The highest BCUT2D eigenvalue weighted by Gasteiger charge is 2.48. The summed E-state index contributed by atoms with van der Waals surface area (Å²) in [4.78, 5) is 0. The molecule has 116 valence electrons. The third-order valence-electron chi connectivity index (χ3n) is 4.27. The third-order valence-corrected chi connectivity index (χ3v) is 7.65. The number of rotatable bonds is 3. The quantitative estimate of drug-likeness (QED) is 0.738. The van der Waals surface area contributed by atoms with Gasteiger partial charge in [0.1, 0.15) is 0 Å². The van der Waals surface area contributed by atoms with Crippen LogP contribution in [0.5, 0.6) is 0 Å². The molecule has 2 saturated heterocycles. The van der Waals surface area contributed by atoms with Crippen molar-refractivity contribution >= 4 is 20.0 Å². The predicted molar refractivity (Wildman–Crippen MR) is 73.2 cm³/mol. The Balaban J connectivity index is 1.77. The van der Waals surface area contributed by atoms with Gasteiger partial charge in [-0.1, -0.05) is 12.8 Å². The van der Waals surface area contributed by atoms with Gasteiger partial charge in [0, 0.05) is 12.6 Å². The van der Waals surface area contributed by atoms with Gasteiger partial charge in [-0.2, -0.15) is 17.4 Å². The summed E-state index contributed by atoms with van der Waals surface area (Å²) >= 11 is 0. The van der Waals surface area contributed by atoms with E-state index in [4.69, 9.17) is 4.74 Å². The Morgan fingerprint density at radius 2 is 1.85 bits per heavy atom. The minimum atomic E-state index is -3.63. The lowest BCUT2D eigenvalue weighted by molar-refractivity contribution is -0.0147. The van der Waals surface area contributed by atoms with E-state index in [0.29, 0.717) is 0 Å². The summed E-state index contributed by atoms with van der Waals surface area (Å²) in [5.74, 6) is -0.212. The van der Waals surface area contributed by atoms with Gasteiger partial charge in [0.05, 0.1) is 30.3 Å². The predicted octanol–water partition coefficient (Wildman–Crippen LogP) is -0.739. The second-order valence-electron chi connectivity index (χ2n) is 5.77. The van der Waals surface area contributed by atoms with Gasteiger partial charge in [0.25, 0.3) is 10.2 Å². The molecular weight excluding hydrogens is 304 g/mol. The van der Waals surface area contributed by atoms with Crippen LogP contribution in [0.15, 0.2) is 0 Å². The molecule has 0 amide bonds. The first-order valence-electron chi connectivity index (χ1n) is 6.98. The Labute approximate surface area is 119 Å². The Morgan fingerprint density at radius 1 is 1.15 bits per heavy atom. The summed E-state index contributed by atoms with van der Waals surface area (Å²) in [6, 6.07) is -0.591. The fraction of sp³-hybridized carbons (Fsp3) is 1.00. The zero-order valence-electron chi connectivity index (χ0n) is 11.2. The Kier molecular flexibility index (Phi) is 3.83. The molecule has 0 aromatic heterocycles. The van der Waals surface area contributed by atoms with E-state index in [1.165, 1.54) is 4.31 Å². The standard InChI is InChI=1S/C11H20N2O5S2/c14-19(15)7-10-11(8-19)18-6-5-13(10)20(16,17)12-9-3-1-2-4-9/h9-12H,1-8H2. The number of morpholine rings is 1. The van der Waals surface area contributed by atoms with Crippen molar-refractivity contribution in [3.05, 3.63) is 0 Å². The van der Waals surface area contributed by atoms with Crippen LogP contribution in [0, 0.1) is 0 Å². The van der Waals surface area contributed by atoms with E-state index in [0.717, 1.165) is 25.7 Å². The monoisotopic (exact) mass is 324 g/mol. The van der Waals surface area contributed by atoms with Gasteiger partial charge in [0.15, 0.2) is 9.84 Å². The molecule has 0 aromatic rings. The van der Waals surface area contributed by atoms with Crippen molar-refractivity contribution < 1.29 is 21.6 Å². The van der Waals surface area contributed by atoms with Gasteiger partial charge in [-0.25, -0.2) is 8.42 Å². The summed E-state index contributed by atoms with van der Waals surface area (Å²) in [6.45, 7) is 0.473. The van der Waals surface area contributed by atoms with Crippen LogP contribution in [0.25, 0.3) is 0 Å². The van der Waals surface area contributed by atoms with Crippen molar-refractivity contribution in [2.75, 3.05) is 24.7 Å². The number of nitrogens with one attached hydrogen (secondary N) is 1. The number of hydrogen-bond acceptors (Lipinski definition) is 5. The molecule has 7 nitrogen and oxygen atoms in total. The topological polar surface area (TPSA) is 92.8 Å². The van der Waals surface area contributed by atoms with Gasteiger partial charge in [-0.15, -0.1) is 0 Å². The average molecular weight is 324 g/mol. The van der Waals surface area contributed by atoms with Crippen molar-refractivity contribution in [3.8, 4) is 0 Å². The SMILES string of the molecule is O=S1(=O)CC2OCCN(S(=O)(=O)NC3CCCC3)C2C1. The molecule has 3 rings (SSSR count). The van der Waals surface area contributed by atoms with Crippen LogP contribution < -0.4 is 4.72 Å². The van der Waals surface area contributed by atoms with Crippen LogP contribution in [0.2, 0.25) is 0 Å². The lowest BCUT2D eigenvalue weighted by atomic mass is 10.2. The van der Waals surface area contributed by atoms with Crippen LogP contribution in [-0.4, -0.2) is 64.0 Å². The molecule has 9 heteroatoms. The van der Waals surface area contributed by atoms with Crippen molar-refractivity contribution in [3.63, 3.8) is 0 Å². The largest absolute Gasteiger partial charge is 0.374 e. The summed E-state index contributed by atoms with van der Waals surface area (Å²) in [5, 5.41) is 0. The summed E-state index contributed by atoms with van der Waals surface area (Å²) < 4.78 is 57.7. The molecule has 20 heavy (non-hydrogen) atoms. The van der Waals surface area contributed by atoms with Crippen LogP contribution in [0.3, 0.4) is 0 Å². The Morgan fingerprint density at radius 3 is 2.55 bits per heavy atom. The Bertz CT molecular complexity index is 568. The van der Waals surface area contributed by atoms with Crippen molar-refractivity contribution in [1.29, 1.82) is 0 Å². The van der Waals surface area contributed by atoms with Crippen LogP contribution in [-0.2, 0) is 24.8 Å². The van der Waals surface area contributed by atoms with Crippen molar-refractivity contribution in [1.82, 2.24) is 9.03 Å². The van der Waals surface area contributed by atoms with Gasteiger partial charge >= 0.3 is 0 Å². The minimum Gasteiger partial charge on any atom is -0.374 e. The fourth-order valence-electron chi connectivity index (χ4n) is 3.30. The van der Waals surface area contributed by atoms with E-state index in [2.05, 4.69) is 4.72 Å². The molecule has 1 N–H and O–H groups in total. The molecule has 0 radical (unpaired) electrons. The fourth-order valence-corrected chi connectivity index (χ4v) is 6.94. The van der Waals surface area contributed by atoms with Gasteiger partial charge in [-0.05, 0) is 12.8 Å². The van der Waals surface area contributed by atoms with Crippen molar-refractivity contribution in [2.45, 2.75) is 43.9 Å². The van der Waals surface area contributed by atoms with Gasteiger partial charge in [0.2, 0.25) is 0 Å². The van der Waals surface area contributed by atoms with E-state index < -0.39 is 32.2 Å². The second-order valence-corrected chi connectivity index (χ2v) is 9.58. The summed E-state index contributed by atoms with van der Waals surface area (Å²) in [6.07, 6.45) is 3.27. The molecule has 0 bridgehead atoms. The number of ether oxygens (including phenoxy) is 1. The molecule has 2 unspecified atom stereocenters. The number of nitrogens with zero attached hydrogens (tertiary/aromatic N) is 1. The lowest BCUT2D eigenvalue weighted by Crippen LogP contribution is -2.57. The van der Waals surface area contributed by atoms with Gasteiger partial charge < -0.3 is 4.74 Å². The lowest BCUT2D eigenvalue weighted by Gasteiger charge is -2.36. The minimum absolute atomic E-state index is 0.0145. The molecule has 0 spiro atoms. The average Bonchev–Trinajstić information content (AvgIpc) is 2.92. The molecule has 3 aliphatic rings. The first-order valence-corrected chi connectivity index (χ1v) is 10.2. The normalized spacial score (nSPS) is 35.2. The summed E-state index contributed by atoms with van der Waals surface area (Å²) in [5.41, 5.74) is 0. The summed E-state index contributed by atoms with van der Waals surface area (Å²) in [7, 11) is -6.84. The smallest absolute Gasteiger partial charge is 0.280 e. The highest BCUT2D eigenvalue weighted by molar-refractivity contribution is 7.92. The highest BCUT2D eigenvalue weighted by Crippen LogP contribution is 2.27. The molecule has 3 fully saturated rings. The molecule has 2 heterocycles. The van der Waals surface area contributed by atoms with Crippen molar-refractivity contribution in [2.24, 2.45) is 0 Å². The molecule has 2 atom stereocenters. The van der Waals surface area contributed by atoms with E-state index in [9.17, 15) is 16.8 Å². The van der Waals surface area contributed by atoms with Crippen LogP contribution >= 0.6 is 0 Å². The molecule has 1 aliphatic carbocycles. The van der Waals surface area contributed by atoms with Gasteiger partial charge in [-0.3, -0.25) is 0 Å². The number of hydrogen-bond donors (Lipinski definition) is 1. The van der Waals surface area contributed by atoms with E-state index in [1.54, 1.807) is 0 Å². The van der Waals surface area contributed by atoms with Crippen LogP contribution in [0.1, 0.15) is 25.7 Å². The number of sulfone groups is 1. The maximum atomic E-state index is 12.5. The van der Waals surface area contributed by atoms with E-state index in [1.807, 2.05) is 0 Å². The third kappa shape index (κ3) is 2.87. The maximum absolute atomic E-state index is 12.5. The van der Waals surface area contributed by atoms with Crippen LogP contribution in [0.4, 0.5) is 0 Å². The van der Waals surface area contributed by atoms with E-state index >= 15 is 0 Å². The maximum Gasteiger partial charge on any atom is 0.280 e. The number of fused-ring (bicyclic) bond motifs is 1. The van der Waals surface area contributed by atoms with E-state index in [-0.39, 0.29) is 30.7 Å². The molecule has 1 saturated carbocycles. The molecule has 0 aromatic carbocycles. The zero-order valence-corrected chi connectivity index (χ0v) is 12.8. The highest BCUT2D eigenvalue weighted by atomic mass is 32.2. The first kappa shape index (κ1) is 14.7. The molecule has 2 aliphatic heterocycles. The zero-order chi connectivity index (χ0) is 14.4. The Hall–Kier alpha value is -0.220. The molecular formula is C11H20N2O5S2. The second kappa shape index (κ2) is 5.20. The first-order chi connectivity index (χ1) is 9.37.